The zero-order chi connectivity index (χ0) is 22.5. The van der Waals surface area contributed by atoms with Crippen LogP contribution in [0.2, 0.25) is 0 Å². The molecule has 0 aliphatic heterocycles. The van der Waals surface area contributed by atoms with E-state index in [0.29, 0.717) is 17.7 Å². The maximum atomic E-state index is 12.6. The summed E-state index contributed by atoms with van der Waals surface area (Å²) in [6.07, 6.45) is 3.46. The van der Waals surface area contributed by atoms with Crippen LogP contribution in [0.15, 0.2) is 82.6 Å². The molecule has 8 nitrogen and oxygen atoms in total. The van der Waals surface area contributed by atoms with E-state index in [-0.39, 0.29) is 23.9 Å². The highest BCUT2D eigenvalue weighted by molar-refractivity contribution is 5.81. The van der Waals surface area contributed by atoms with Gasteiger partial charge in [0.1, 0.15) is 18.9 Å². The van der Waals surface area contributed by atoms with Gasteiger partial charge in [0.25, 0.3) is 11.1 Å². The summed E-state index contributed by atoms with van der Waals surface area (Å²) in [5.74, 6) is 0.318. The van der Waals surface area contributed by atoms with Crippen LogP contribution in [-0.4, -0.2) is 20.7 Å². The highest BCUT2D eigenvalue weighted by atomic mass is 16.5. The minimum absolute atomic E-state index is 0.277. The quantitative estimate of drug-likeness (QED) is 0.469. The number of carbonyl (C=O) groups excluding carboxylic acids is 1. The maximum Gasteiger partial charge on any atom is 0.273 e. The molecule has 1 atom stereocenters. The Morgan fingerprint density at radius 2 is 1.81 bits per heavy atom. The van der Waals surface area contributed by atoms with Crippen LogP contribution in [0, 0.1) is 0 Å². The number of fused-ring (bicyclic) bond motifs is 1. The summed E-state index contributed by atoms with van der Waals surface area (Å²) in [6.45, 7) is 1.98. The lowest BCUT2D eigenvalue weighted by molar-refractivity contribution is -0.122. The molecule has 4 aromatic rings. The summed E-state index contributed by atoms with van der Waals surface area (Å²) in [6, 6.07) is 17.4. The molecule has 2 aromatic heterocycles. The number of carbonyl (C=O) groups is 1. The highest BCUT2D eigenvalue weighted by Crippen LogP contribution is 2.18. The molecule has 0 fully saturated rings. The molecule has 0 saturated carbocycles. The van der Waals surface area contributed by atoms with Gasteiger partial charge in [-0.1, -0.05) is 30.3 Å². The standard InChI is InChI=1S/C24H22N4O4/c1-16(18-8-10-19(11-9-18)32-15-17-5-4-12-25-13-17)26-22(29)14-28-24(31)21-7-3-2-6-20(21)23(30)27-28/h2-13,16H,14-15H2,1H3,(H,26,29)(H,27,30). The van der Waals surface area contributed by atoms with E-state index in [1.807, 2.05) is 43.3 Å². The SMILES string of the molecule is CC(NC(=O)Cn1[nH]c(=O)c2ccccc2c1=O)c1ccc(OCc2cccnc2)cc1. The number of benzene rings is 2. The van der Waals surface area contributed by atoms with Crippen molar-refractivity contribution >= 4 is 16.7 Å². The number of nitrogens with one attached hydrogen (secondary N) is 2. The maximum absolute atomic E-state index is 12.6. The molecule has 2 heterocycles. The number of H-pyrrole nitrogens is 1. The zero-order valence-electron chi connectivity index (χ0n) is 17.4. The van der Waals surface area contributed by atoms with Gasteiger partial charge in [0.15, 0.2) is 0 Å². The third kappa shape index (κ3) is 4.75. The minimum atomic E-state index is -0.418. The second-order valence-electron chi connectivity index (χ2n) is 7.39. The molecule has 162 valence electrons. The van der Waals surface area contributed by atoms with Crippen LogP contribution in [0.3, 0.4) is 0 Å². The predicted octanol–water partition coefficient (Wildman–Crippen LogP) is 2.54. The van der Waals surface area contributed by atoms with Gasteiger partial charge in [-0.2, -0.15) is 0 Å². The Morgan fingerprint density at radius 1 is 1.06 bits per heavy atom. The molecule has 1 unspecified atom stereocenters. The Balaban J connectivity index is 1.38. The molecule has 8 heteroatoms. The molecule has 0 aliphatic carbocycles. The van der Waals surface area contributed by atoms with Gasteiger partial charge in [-0.25, -0.2) is 4.68 Å². The molecule has 2 aromatic carbocycles. The van der Waals surface area contributed by atoms with Gasteiger partial charge >= 0.3 is 0 Å². The first-order valence-electron chi connectivity index (χ1n) is 10.1. The molecule has 0 saturated heterocycles. The van der Waals surface area contributed by atoms with Gasteiger partial charge in [0.05, 0.1) is 16.8 Å². The number of pyridine rings is 1. The number of hydrogen-bond donors (Lipinski definition) is 2. The van der Waals surface area contributed by atoms with E-state index in [4.69, 9.17) is 4.74 Å². The minimum Gasteiger partial charge on any atom is -0.489 e. The van der Waals surface area contributed by atoms with E-state index in [0.717, 1.165) is 15.8 Å². The van der Waals surface area contributed by atoms with E-state index in [1.54, 1.807) is 36.7 Å². The summed E-state index contributed by atoms with van der Waals surface area (Å²) in [5.41, 5.74) is 1.02. The Hall–Kier alpha value is -4.20. The van der Waals surface area contributed by atoms with Crippen molar-refractivity contribution in [2.75, 3.05) is 0 Å². The molecule has 0 radical (unpaired) electrons. The van der Waals surface area contributed by atoms with Gasteiger partial charge in [0, 0.05) is 18.0 Å². The number of hydrogen-bond acceptors (Lipinski definition) is 5. The lowest BCUT2D eigenvalue weighted by atomic mass is 10.1. The lowest BCUT2D eigenvalue weighted by Crippen LogP contribution is -2.37. The van der Waals surface area contributed by atoms with Crippen molar-refractivity contribution in [3.8, 4) is 5.75 Å². The summed E-state index contributed by atoms with van der Waals surface area (Å²) in [4.78, 5) is 41.3. The van der Waals surface area contributed by atoms with Crippen LogP contribution in [0.4, 0.5) is 0 Å². The first kappa shape index (κ1) is 21.0. The van der Waals surface area contributed by atoms with Crippen molar-refractivity contribution in [3.63, 3.8) is 0 Å². The third-order valence-corrected chi connectivity index (χ3v) is 5.07. The summed E-state index contributed by atoms with van der Waals surface area (Å²) < 4.78 is 6.78. The summed E-state index contributed by atoms with van der Waals surface area (Å²) in [7, 11) is 0. The van der Waals surface area contributed by atoms with Crippen LogP contribution < -0.4 is 21.2 Å². The van der Waals surface area contributed by atoms with Gasteiger partial charge in [0.2, 0.25) is 5.91 Å². The number of rotatable bonds is 7. The fourth-order valence-electron chi connectivity index (χ4n) is 3.37. The van der Waals surface area contributed by atoms with Crippen molar-refractivity contribution in [1.82, 2.24) is 20.1 Å². The van der Waals surface area contributed by atoms with E-state index in [9.17, 15) is 14.4 Å². The van der Waals surface area contributed by atoms with Crippen molar-refractivity contribution in [3.05, 3.63) is 105 Å². The zero-order valence-corrected chi connectivity index (χ0v) is 17.4. The topological polar surface area (TPSA) is 106 Å². The van der Waals surface area contributed by atoms with Crippen LogP contribution in [-0.2, 0) is 17.9 Å². The molecular formula is C24H22N4O4. The average Bonchev–Trinajstić information content (AvgIpc) is 2.82. The number of aromatic amines is 1. The number of aromatic nitrogens is 3. The fourth-order valence-corrected chi connectivity index (χ4v) is 3.37. The van der Waals surface area contributed by atoms with Crippen LogP contribution >= 0.6 is 0 Å². The number of amides is 1. The molecular weight excluding hydrogens is 408 g/mol. The second-order valence-corrected chi connectivity index (χ2v) is 7.39. The lowest BCUT2D eigenvalue weighted by Gasteiger charge is -2.16. The third-order valence-electron chi connectivity index (χ3n) is 5.07. The summed E-state index contributed by atoms with van der Waals surface area (Å²) in [5, 5.41) is 5.89. The monoisotopic (exact) mass is 430 g/mol. The number of ether oxygens (including phenoxy) is 1. The molecule has 0 bridgehead atoms. The Kier molecular flexibility index (Phi) is 6.12. The van der Waals surface area contributed by atoms with Gasteiger partial charge in [-0.15, -0.1) is 0 Å². The first-order valence-corrected chi connectivity index (χ1v) is 10.1. The normalized spacial score (nSPS) is 11.8. The van der Waals surface area contributed by atoms with E-state index in [1.165, 1.54) is 0 Å². The van der Waals surface area contributed by atoms with Crippen LogP contribution in [0.25, 0.3) is 10.8 Å². The fraction of sp³-hybridized carbons (Fsp3) is 0.167. The predicted molar refractivity (Wildman–Crippen MR) is 120 cm³/mol. The van der Waals surface area contributed by atoms with Gasteiger partial charge < -0.3 is 10.1 Å². The molecule has 0 aliphatic rings. The Labute approximate surface area is 183 Å². The highest BCUT2D eigenvalue weighted by Gasteiger charge is 2.13. The molecule has 0 spiro atoms. The van der Waals surface area contributed by atoms with Crippen molar-refractivity contribution in [2.24, 2.45) is 0 Å². The molecule has 2 N–H and O–H groups in total. The Bertz CT molecular complexity index is 1340. The Morgan fingerprint density at radius 3 is 2.53 bits per heavy atom. The van der Waals surface area contributed by atoms with Crippen molar-refractivity contribution in [1.29, 1.82) is 0 Å². The smallest absolute Gasteiger partial charge is 0.273 e. The van der Waals surface area contributed by atoms with Crippen molar-refractivity contribution < 1.29 is 9.53 Å². The molecule has 1 amide bonds. The van der Waals surface area contributed by atoms with Crippen LogP contribution in [0.1, 0.15) is 24.1 Å². The van der Waals surface area contributed by atoms with Crippen LogP contribution in [0.5, 0.6) is 5.75 Å². The summed E-state index contributed by atoms with van der Waals surface area (Å²) >= 11 is 0. The molecule has 32 heavy (non-hydrogen) atoms. The van der Waals surface area contributed by atoms with E-state index < -0.39 is 11.1 Å². The largest absolute Gasteiger partial charge is 0.489 e. The molecule has 4 rings (SSSR count). The van der Waals surface area contributed by atoms with E-state index >= 15 is 0 Å². The average molecular weight is 430 g/mol. The van der Waals surface area contributed by atoms with Crippen molar-refractivity contribution in [2.45, 2.75) is 26.1 Å². The number of nitrogens with zero attached hydrogens (tertiary/aromatic N) is 2. The second kappa shape index (κ2) is 9.30. The van der Waals surface area contributed by atoms with Gasteiger partial charge in [-0.3, -0.25) is 24.5 Å². The van der Waals surface area contributed by atoms with Gasteiger partial charge in [-0.05, 0) is 42.8 Å². The van der Waals surface area contributed by atoms with E-state index in [2.05, 4.69) is 15.4 Å². The first-order chi connectivity index (χ1) is 15.5.